The lowest BCUT2D eigenvalue weighted by Crippen LogP contribution is -2.41. The van der Waals surface area contributed by atoms with Gasteiger partial charge in [0, 0.05) is 37.8 Å². The monoisotopic (exact) mass is 362 g/mol. The van der Waals surface area contributed by atoms with E-state index in [-0.39, 0.29) is 24.0 Å². The molecule has 18 heavy (non-hydrogen) atoms. The molecule has 1 aromatic rings. The summed E-state index contributed by atoms with van der Waals surface area (Å²) in [6, 6.07) is 5.81. The Morgan fingerprint density at radius 3 is 3.06 bits per heavy atom. The minimum atomic E-state index is 0. The second kappa shape index (κ2) is 8.12. The van der Waals surface area contributed by atoms with E-state index in [2.05, 4.69) is 20.6 Å². The zero-order valence-corrected chi connectivity index (χ0v) is 12.8. The SMILES string of the molecule is COc1cccc(CCNC2=NCCCN2)n1.I. The molecule has 0 fully saturated rings. The number of guanidine groups is 1. The number of aliphatic imine (C=N–C) groups is 1. The summed E-state index contributed by atoms with van der Waals surface area (Å²) in [5.74, 6) is 1.56. The van der Waals surface area contributed by atoms with Crippen LogP contribution in [0.1, 0.15) is 12.1 Å². The molecule has 6 heteroatoms. The lowest BCUT2D eigenvalue weighted by molar-refractivity contribution is 0.396. The van der Waals surface area contributed by atoms with Crippen LogP contribution in [0.5, 0.6) is 5.88 Å². The molecule has 0 radical (unpaired) electrons. The van der Waals surface area contributed by atoms with Crippen molar-refractivity contribution in [1.29, 1.82) is 0 Å². The van der Waals surface area contributed by atoms with E-state index in [0.717, 1.165) is 44.1 Å². The van der Waals surface area contributed by atoms with Gasteiger partial charge < -0.3 is 15.4 Å². The van der Waals surface area contributed by atoms with E-state index in [9.17, 15) is 0 Å². The van der Waals surface area contributed by atoms with E-state index in [4.69, 9.17) is 4.74 Å². The minimum Gasteiger partial charge on any atom is -0.481 e. The van der Waals surface area contributed by atoms with Gasteiger partial charge in [-0.15, -0.1) is 24.0 Å². The molecule has 5 nitrogen and oxygen atoms in total. The molecule has 0 unspecified atom stereocenters. The number of methoxy groups -OCH3 is 1. The fourth-order valence-electron chi connectivity index (χ4n) is 1.67. The van der Waals surface area contributed by atoms with Gasteiger partial charge in [0.25, 0.3) is 0 Å². The maximum Gasteiger partial charge on any atom is 0.213 e. The second-order valence-electron chi connectivity index (χ2n) is 3.86. The predicted octanol–water partition coefficient (Wildman–Crippen LogP) is 1.19. The summed E-state index contributed by atoms with van der Waals surface area (Å²) in [4.78, 5) is 8.70. The van der Waals surface area contributed by atoms with Crippen molar-refractivity contribution in [2.45, 2.75) is 12.8 Å². The van der Waals surface area contributed by atoms with Crippen molar-refractivity contribution in [3.05, 3.63) is 23.9 Å². The van der Waals surface area contributed by atoms with Crippen molar-refractivity contribution in [3.63, 3.8) is 0 Å². The first kappa shape index (κ1) is 15.0. The first-order chi connectivity index (χ1) is 8.38. The molecule has 0 aromatic carbocycles. The second-order valence-corrected chi connectivity index (χ2v) is 3.86. The summed E-state index contributed by atoms with van der Waals surface area (Å²) in [7, 11) is 1.63. The number of rotatable bonds is 4. The van der Waals surface area contributed by atoms with Crippen LogP contribution in [0.25, 0.3) is 0 Å². The zero-order chi connectivity index (χ0) is 11.9. The van der Waals surface area contributed by atoms with Gasteiger partial charge in [-0.3, -0.25) is 4.99 Å². The molecule has 100 valence electrons. The molecule has 0 saturated carbocycles. The molecule has 2 N–H and O–H groups in total. The molecule has 2 rings (SSSR count). The first-order valence-corrected chi connectivity index (χ1v) is 5.90. The minimum absolute atomic E-state index is 0. The van der Waals surface area contributed by atoms with Gasteiger partial charge >= 0.3 is 0 Å². The van der Waals surface area contributed by atoms with Crippen LogP contribution < -0.4 is 15.4 Å². The van der Waals surface area contributed by atoms with Crippen LogP contribution in [0.2, 0.25) is 0 Å². The maximum atomic E-state index is 5.08. The van der Waals surface area contributed by atoms with Gasteiger partial charge in [0.15, 0.2) is 5.96 Å². The Morgan fingerprint density at radius 2 is 2.33 bits per heavy atom. The quantitative estimate of drug-likeness (QED) is 0.791. The number of pyridine rings is 1. The number of hydrogen-bond donors (Lipinski definition) is 2. The van der Waals surface area contributed by atoms with E-state index in [1.807, 2.05) is 18.2 Å². The molecule has 0 saturated heterocycles. The average Bonchev–Trinajstić information content (AvgIpc) is 2.40. The highest BCUT2D eigenvalue weighted by Gasteiger charge is 2.03. The largest absolute Gasteiger partial charge is 0.481 e. The third kappa shape index (κ3) is 4.67. The Morgan fingerprint density at radius 1 is 1.44 bits per heavy atom. The normalized spacial score (nSPS) is 13.9. The summed E-state index contributed by atoms with van der Waals surface area (Å²) in [6.07, 6.45) is 1.97. The lowest BCUT2D eigenvalue weighted by Gasteiger charge is -2.15. The highest BCUT2D eigenvalue weighted by Crippen LogP contribution is 2.06. The first-order valence-electron chi connectivity index (χ1n) is 5.90. The van der Waals surface area contributed by atoms with E-state index >= 15 is 0 Å². The van der Waals surface area contributed by atoms with E-state index in [1.54, 1.807) is 7.11 Å². The van der Waals surface area contributed by atoms with Gasteiger partial charge in [0.1, 0.15) is 0 Å². The Balaban J connectivity index is 0.00000162. The van der Waals surface area contributed by atoms with Crippen molar-refractivity contribution >= 4 is 29.9 Å². The molecule has 1 aliphatic heterocycles. The van der Waals surface area contributed by atoms with Crippen molar-refractivity contribution < 1.29 is 4.74 Å². The summed E-state index contributed by atoms with van der Waals surface area (Å²) in [5, 5.41) is 6.49. The Hall–Kier alpha value is -1.05. The molecule has 1 aliphatic rings. The number of hydrogen-bond acceptors (Lipinski definition) is 5. The number of aromatic nitrogens is 1. The molecule has 0 bridgehead atoms. The van der Waals surface area contributed by atoms with Crippen molar-refractivity contribution in [3.8, 4) is 5.88 Å². The standard InChI is InChI=1S/C12H18N4O.HI/c1-17-11-5-2-4-10(16-11)6-9-15-12-13-7-3-8-14-12;/h2,4-5H,3,6-9H2,1H3,(H2,13,14,15);1H. The maximum absolute atomic E-state index is 5.08. The smallest absolute Gasteiger partial charge is 0.213 e. The molecule has 0 amide bonds. The molecular formula is C12H19IN4O. The summed E-state index contributed by atoms with van der Waals surface area (Å²) in [5.41, 5.74) is 1.02. The molecule has 0 atom stereocenters. The van der Waals surface area contributed by atoms with E-state index in [0.29, 0.717) is 5.88 Å². The third-order valence-corrected chi connectivity index (χ3v) is 2.56. The van der Waals surface area contributed by atoms with Crippen molar-refractivity contribution in [2.75, 3.05) is 26.7 Å². The topological polar surface area (TPSA) is 58.5 Å². The van der Waals surface area contributed by atoms with Crippen LogP contribution >= 0.6 is 24.0 Å². The number of halogens is 1. The highest BCUT2D eigenvalue weighted by atomic mass is 127. The zero-order valence-electron chi connectivity index (χ0n) is 10.5. The molecule has 0 spiro atoms. The van der Waals surface area contributed by atoms with Crippen LogP contribution in [0.15, 0.2) is 23.2 Å². The van der Waals surface area contributed by atoms with Crippen LogP contribution in [-0.2, 0) is 6.42 Å². The highest BCUT2D eigenvalue weighted by molar-refractivity contribution is 14.0. The van der Waals surface area contributed by atoms with Gasteiger partial charge in [-0.05, 0) is 12.5 Å². The molecule has 1 aromatic heterocycles. The summed E-state index contributed by atoms with van der Waals surface area (Å²) < 4.78 is 5.08. The average molecular weight is 362 g/mol. The number of ether oxygens (including phenoxy) is 1. The van der Waals surface area contributed by atoms with Crippen molar-refractivity contribution in [2.24, 2.45) is 4.99 Å². The van der Waals surface area contributed by atoms with Gasteiger partial charge in [-0.25, -0.2) is 4.98 Å². The van der Waals surface area contributed by atoms with Crippen LogP contribution in [0.4, 0.5) is 0 Å². The summed E-state index contributed by atoms with van der Waals surface area (Å²) in [6.45, 7) is 2.74. The fraction of sp³-hybridized carbons (Fsp3) is 0.500. The Labute approximate surface area is 124 Å². The van der Waals surface area contributed by atoms with Crippen LogP contribution in [-0.4, -0.2) is 37.7 Å². The van der Waals surface area contributed by atoms with Gasteiger partial charge in [-0.1, -0.05) is 6.07 Å². The molecular weight excluding hydrogens is 343 g/mol. The molecule has 0 aliphatic carbocycles. The fourth-order valence-corrected chi connectivity index (χ4v) is 1.67. The number of nitrogens with one attached hydrogen (secondary N) is 2. The molecule has 2 heterocycles. The predicted molar refractivity (Wildman–Crippen MR) is 82.8 cm³/mol. The summed E-state index contributed by atoms with van der Waals surface area (Å²) >= 11 is 0. The lowest BCUT2D eigenvalue weighted by atomic mass is 10.2. The Kier molecular flexibility index (Phi) is 6.77. The van der Waals surface area contributed by atoms with E-state index < -0.39 is 0 Å². The van der Waals surface area contributed by atoms with E-state index in [1.165, 1.54) is 0 Å². The van der Waals surface area contributed by atoms with Gasteiger partial charge in [0.2, 0.25) is 5.88 Å². The van der Waals surface area contributed by atoms with Crippen molar-refractivity contribution in [1.82, 2.24) is 15.6 Å². The van der Waals surface area contributed by atoms with Crippen LogP contribution in [0, 0.1) is 0 Å². The van der Waals surface area contributed by atoms with Crippen LogP contribution in [0.3, 0.4) is 0 Å². The number of nitrogens with zero attached hydrogens (tertiary/aromatic N) is 2. The third-order valence-electron chi connectivity index (χ3n) is 2.56. The van der Waals surface area contributed by atoms with Gasteiger partial charge in [0.05, 0.1) is 7.11 Å². The van der Waals surface area contributed by atoms with Gasteiger partial charge in [-0.2, -0.15) is 0 Å². The Bertz CT molecular complexity index is 397.